The van der Waals surface area contributed by atoms with E-state index in [1.807, 2.05) is 11.8 Å². The highest BCUT2D eigenvalue weighted by molar-refractivity contribution is 8.00. The Bertz CT molecular complexity index is 1200. The molecular weight excluding hydrogens is 460 g/mol. The second-order valence-corrected chi connectivity index (χ2v) is 9.84. The number of alkyl halides is 3. The normalized spacial score (nSPS) is 14.6. The van der Waals surface area contributed by atoms with Crippen molar-refractivity contribution in [3.8, 4) is 0 Å². The van der Waals surface area contributed by atoms with Gasteiger partial charge in [0.1, 0.15) is 11.4 Å². The largest absolute Gasteiger partial charge is 0.433 e. The third kappa shape index (κ3) is 5.30. The molecule has 1 aliphatic rings. The lowest BCUT2D eigenvalue weighted by atomic mass is 9.97. The van der Waals surface area contributed by atoms with Gasteiger partial charge >= 0.3 is 6.18 Å². The van der Waals surface area contributed by atoms with Gasteiger partial charge in [-0.2, -0.15) is 24.9 Å². The van der Waals surface area contributed by atoms with Gasteiger partial charge in [0.2, 0.25) is 0 Å². The Morgan fingerprint density at radius 1 is 1.24 bits per heavy atom. The molecule has 33 heavy (non-hydrogen) atoms. The van der Waals surface area contributed by atoms with Gasteiger partial charge in [-0.15, -0.1) is 0 Å². The van der Waals surface area contributed by atoms with Crippen molar-refractivity contribution < 1.29 is 27.5 Å². The number of aryl methyl sites for hydroxylation is 1. The Morgan fingerprint density at radius 2 is 1.97 bits per heavy atom. The van der Waals surface area contributed by atoms with Crippen LogP contribution in [0.2, 0.25) is 0 Å². The molecule has 1 saturated carbocycles. The van der Waals surface area contributed by atoms with Gasteiger partial charge in [-0.25, -0.2) is 14.4 Å². The third-order valence-corrected chi connectivity index (χ3v) is 6.49. The van der Waals surface area contributed by atoms with E-state index in [0.717, 1.165) is 24.0 Å². The highest BCUT2D eigenvalue weighted by Crippen LogP contribution is 2.35. The van der Waals surface area contributed by atoms with Crippen molar-refractivity contribution in [2.24, 2.45) is 0 Å². The molecule has 0 spiro atoms. The molecule has 4 rings (SSSR count). The van der Waals surface area contributed by atoms with E-state index >= 15 is 4.39 Å². The maximum atomic E-state index is 15.4. The molecule has 0 radical (unpaired) electrons. The molecule has 6 nitrogen and oxygen atoms in total. The zero-order chi connectivity index (χ0) is 24.0. The van der Waals surface area contributed by atoms with Gasteiger partial charge in [-0.3, -0.25) is 4.79 Å². The predicted molar refractivity (Wildman–Crippen MR) is 117 cm³/mol. The van der Waals surface area contributed by atoms with Crippen molar-refractivity contribution >= 4 is 29.0 Å². The molecule has 0 bridgehead atoms. The van der Waals surface area contributed by atoms with Gasteiger partial charge in [0, 0.05) is 29.6 Å². The van der Waals surface area contributed by atoms with Gasteiger partial charge in [0.05, 0.1) is 17.0 Å². The quantitative estimate of drug-likeness (QED) is 0.473. The van der Waals surface area contributed by atoms with Crippen molar-refractivity contribution in [1.29, 1.82) is 0 Å². The van der Waals surface area contributed by atoms with E-state index in [9.17, 15) is 23.1 Å². The van der Waals surface area contributed by atoms with Gasteiger partial charge in [-0.1, -0.05) is 6.07 Å². The number of hydrogen-bond donors (Lipinski definition) is 2. The number of anilines is 1. The molecule has 1 amide bonds. The van der Waals surface area contributed by atoms with Crippen molar-refractivity contribution in [2.45, 2.75) is 50.1 Å². The minimum atomic E-state index is -4.72. The lowest BCUT2D eigenvalue weighted by Crippen LogP contribution is -2.24. The number of aliphatic hydroxyl groups is 1. The van der Waals surface area contributed by atoms with Crippen LogP contribution in [0, 0.1) is 5.82 Å². The summed E-state index contributed by atoms with van der Waals surface area (Å²) in [7, 11) is 0. The fraction of sp³-hybridized carbons (Fsp3) is 0.409. The van der Waals surface area contributed by atoms with E-state index in [-0.39, 0.29) is 16.9 Å². The third-order valence-electron chi connectivity index (χ3n) is 5.10. The SMILES string of the molecule is CC(C)(O)c1c(NC(=O)c2cccc(C(F)(F)F)n2)cn2cc(CCSC3CC3)nc2c1F. The van der Waals surface area contributed by atoms with E-state index in [4.69, 9.17) is 0 Å². The number of fused-ring (bicyclic) bond motifs is 1. The number of halogens is 4. The average Bonchev–Trinajstić information content (AvgIpc) is 3.44. The second-order valence-electron chi connectivity index (χ2n) is 8.43. The van der Waals surface area contributed by atoms with Crippen LogP contribution < -0.4 is 5.32 Å². The Kier molecular flexibility index (Phi) is 6.12. The summed E-state index contributed by atoms with van der Waals surface area (Å²) >= 11 is 1.84. The van der Waals surface area contributed by atoms with Gasteiger partial charge in [0.15, 0.2) is 11.5 Å². The van der Waals surface area contributed by atoms with E-state index in [0.29, 0.717) is 17.4 Å². The van der Waals surface area contributed by atoms with Crippen molar-refractivity contribution in [1.82, 2.24) is 14.4 Å². The van der Waals surface area contributed by atoms with E-state index in [2.05, 4.69) is 15.3 Å². The molecule has 11 heteroatoms. The molecule has 2 N–H and O–H groups in total. The number of hydrogen-bond acceptors (Lipinski definition) is 5. The first-order valence-corrected chi connectivity index (χ1v) is 11.4. The van der Waals surface area contributed by atoms with Gasteiger partial charge in [0.25, 0.3) is 5.91 Å². The van der Waals surface area contributed by atoms with E-state index < -0.39 is 34.9 Å². The summed E-state index contributed by atoms with van der Waals surface area (Å²) in [5.74, 6) is -0.941. The standard InChI is InChI=1S/C22H22F4N4O2S/c1-21(2,32)17-15(29-20(31)14-4-3-5-16(28-14)22(24,25)26)11-30-10-12(27-19(30)18(17)23)8-9-33-13-6-7-13/h3-5,10-11,13,32H,6-9H2,1-2H3,(H,29,31). The molecule has 1 aliphatic carbocycles. The number of carbonyl (C=O) groups is 1. The minimum absolute atomic E-state index is 0.00580. The molecule has 0 aliphatic heterocycles. The monoisotopic (exact) mass is 482 g/mol. The molecule has 3 aromatic rings. The molecular formula is C22H22F4N4O2S. The van der Waals surface area contributed by atoms with Crippen LogP contribution in [0.1, 0.15) is 54.1 Å². The maximum Gasteiger partial charge on any atom is 0.433 e. The average molecular weight is 483 g/mol. The van der Waals surface area contributed by atoms with Crippen LogP contribution in [0.4, 0.5) is 23.2 Å². The van der Waals surface area contributed by atoms with E-state index in [1.54, 1.807) is 6.20 Å². The zero-order valence-electron chi connectivity index (χ0n) is 17.9. The first-order valence-electron chi connectivity index (χ1n) is 10.3. The van der Waals surface area contributed by atoms with Gasteiger partial charge in [-0.05, 0) is 44.6 Å². The molecule has 0 unspecified atom stereocenters. The number of pyridine rings is 2. The molecule has 3 heterocycles. The smallest absolute Gasteiger partial charge is 0.386 e. The first kappa shape index (κ1) is 23.5. The number of rotatable bonds is 7. The topological polar surface area (TPSA) is 79.5 Å². The van der Waals surface area contributed by atoms with E-state index in [1.165, 1.54) is 37.3 Å². The van der Waals surface area contributed by atoms with Crippen molar-refractivity contribution in [3.05, 3.63) is 59.1 Å². The summed E-state index contributed by atoms with van der Waals surface area (Å²) in [6.07, 6.45) is 1.37. The first-order chi connectivity index (χ1) is 15.4. The summed E-state index contributed by atoms with van der Waals surface area (Å²) in [6, 6.07) is 2.93. The summed E-state index contributed by atoms with van der Waals surface area (Å²) in [4.78, 5) is 20.4. The Hall–Kier alpha value is -2.66. The highest BCUT2D eigenvalue weighted by Gasteiger charge is 2.33. The van der Waals surface area contributed by atoms with Crippen LogP contribution in [0.3, 0.4) is 0 Å². The summed E-state index contributed by atoms with van der Waals surface area (Å²) < 4.78 is 55.7. The predicted octanol–water partition coefficient (Wildman–Crippen LogP) is 4.81. The van der Waals surface area contributed by atoms with Crippen LogP contribution in [-0.4, -0.2) is 36.4 Å². The number of amides is 1. The molecule has 0 saturated heterocycles. The maximum absolute atomic E-state index is 15.4. The zero-order valence-corrected chi connectivity index (χ0v) is 18.7. The number of carbonyl (C=O) groups excluding carboxylic acids is 1. The molecule has 1 fully saturated rings. The fourth-order valence-electron chi connectivity index (χ4n) is 3.42. The molecule has 176 valence electrons. The second kappa shape index (κ2) is 8.60. The van der Waals surface area contributed by atoms with Gasteiger partial charge < -0.3 is 14.8 Å². The fourth-order valence-corrected chi connectivity index (χ4v) is 4.55. The van der Waals surface area contributed by atoms with Crippen LogP contribution >= 0.6 is 11.8 Å². The molecule has 0 aromatic carbocycles. The van der Waals surface area contributed by atoms with Crippen LogP contribution in [0.5, 0.6) is 0 Å². The Morgan fingerprint density at radius 3 is 2.61 bits per heavy atom. The number of nitrogens with one attached hydrogen (secondary N) is 1. The summed E-state index contributed by atoms with van der Waals surface area (Å²) in [5.41, 5.74) is -3.07. The molecule has 0 atom stereocenters. The van der Waals surface area contributed by atoms with Crippen LogP contribution in [0.25, 0.3) is 5.65 Å². The van der Waals surface area contributed by atoms with Crippen LogP contribution in [0.15, 0.2) is 30.6 Å². The number of imidazole rings is 1. The lowest BCUT2D eigenvalue weighted by Gasteiger charge is -2.23. The molecule has 3 aromatic heterocycles. The summed E-state index contributed by atoms with van der Waals surface area (Å²) in [5, 5.41) is 13.7. The summed E-state index contributed by atoms with van der Waals surface area (Å²) in [6.45, 7) is 2.69. The van der Waals surface area contributed by atoms with Crippen molar-refractivity contribution in [3.63, 3.8) is 0 Å². The number of nitrogens with zero attached hydrogens (tertiary/aromatic N) is 3. The minimum Gasteiger partial charge on any atom is -0.386 e. The Labute approximate surface area is 191 Å². The lowest BCUT2D eigenvalue weighted by molar-refractivity contribution is -0.141. The number of aromatic nitrogens is 3. The highest BCUT2D eigenvalue weighted by atomic mass is 32.2. The number of thioether (sulfide) groups is 1. The Balaban J connectivity index is 1.67. The van der Waals surface area contributed by atoms with Crippen LogP contribution in [-0.2, 0) is 18.2 Å². The van der Waals surface area contributed by atoms with Crippen molar-refractivity contribution in [2.75, 3.05) is 11.1 Å².